The normalized spacial score (nSPS) is 21.6. The first-order chi connectivity index (χ1) is 8.66. The van der Waals surface area contributed by atoms with Crippen LogP contribution in [0.1, 0.15) is 24.9 Å². The van der Waals surface area contributed by atoms with E-state index in [4.69, 9.17) is 17.0 Å². The number of ether oxygens (including phenoxy) is 1. The van der Waals surface area contributed by atoms with Gasteiger partial charge in [-0.2, -0.15) is 0 Å². The van der Waals surface area contributed by atoms with Crippen LogP contribution in [0.15, 0.2) is 18.2 Å². The Kier molecular flexibility index (Phi) is 2.99. The number of nitrogens with one attached hydrogen (secondary N) is 1. The summed E-state index contributed by atoms with van der Waals surface area (Å²) in [4.78, 5) is 3.31. The lowest BCUT2D eigenvalue weighted by atomic mass is 10.0. The molecule has 1 N–H and O–H groups in total. The van der Waals surface area contributed by atoms with Crippen molar-refractivity contribution >= 4 is 23.3 Å². The summed E-state index contributed by atoms with van der Waals surface area (Å²) in [5.41, 5.74) is 3.58. The van der Waals surface area contributed by atoms with Crippen LogP contribution in [-0.2, 0) is 4.74 Å². The molecule has 96 valence electrons. The number of aryl methyl sites for hydroxylation is 1. The highest BCUT2D eigenvalue weighted by atomic mass is 32.1. The third-order valence-corrected chi connectivity index (χ3v) is 4.23. The molecule has 0 amide bonds. The van der Waals surface area contributed by atoms with Crippen molar-refractivity contribution in [2.24, 2.45) is 5.92 Å². The molecule has 1 fully saturated rings. The lowest BCUT2D eigenvalue weighted by Crippen LogP contribution is -2.16. The second-order valence-electron chi connectivity index (χ2n) is 5.19. The van der Waals surface area contributed by atoms with E-state index in [0.717, 1.165) is 29.9 Å². The monoisotopic (exact) mass is 262 g/mol. The van der Waals surface area contributed by atoms with Crippen LogP contribution in [0.2, 0.25) is 0 Å². The van der Waals surface area contributed by atoms with Gasteiger partial charge in [-0.25, -0.2) is 0 Å². The zero-order chi connectivity index (χ0) is 12.7. The second kappa shape index (κ2) is 4.52. The molecule has 2 atom stereocenters. The number of nitrogens with zero attached hydrogens (tertiary/aromatic N) is 1. The molecule has 1 aromatic heterocycles. The fourth-order valence-electron chi connectivity index (χ4n) is 2.79. The lowest BCUT2D eigenvalue weighted by molar-refractivity contribution is 0.175. The number of hydrogen-bond acceptors (Lipinski definition) is 2. The van der Waals surface area contributed by atoms with Crippen molar-refractivity contribution in [1.82, 2.24) is 9.55 Å². The smallest absolute Gasteiger partial charge is 0.178 e. The Balaban J connectivity index is 2.10. The Morgan fingerprint density at radius 3 is 3.06 bits per heavy atom. The second-order valence-corrected chi connectivity index (χ2v) is 5.57. The Hall–Kier alpha value is -1.13. The van der Waals surface area contributed by atoms with Gasteiger partial charge >= 0.3 is 0 Å². The molecule has 1 aromatic carbocycles. The zero-order valence-corrected chi connectivity index (χ0v) is 11.6. The van der Waals surface area contributed by atoms with Gasteiger partial charge in [0.15, 0.2) is 4.77 Å². The van der Waals surface area contributed by atoms with Crippen molar-refractivity contribution in [3.05, 3.63) is 28.5 Å². The molecule has 2 aromatic rings. The number of aromatic amines is 1. The van der Waals surface area contributed by atoms with Gasteiger partial charge in [-0.15, -0.1) is 0 Å². The molecule has 1 aliphatic rings. The first-order valence-electron chi connectivity index (χ1n) is 6.45. The molecule has 2 heterocycles. The number of aromatic nitrogens is 2. The van der Waals surface area contributed by atoms with E-state index in [1.807, 2.05) is 0 Å². The molecule has 0 saturated carbocycles. The summed E-state index contributed by atoms with van der Waals surface area (Å²) in [6.45, 7) is 6.06. The average Bonchev–Trinajstić information content (AvgIpc) is 2.94. The summed E-state index contributed by atoms with van der Waals surface area (Å²) in [5, 5.41) is 0. The summed E-state index contributed by atoms with van der Waals surface area (Å²) in [6, 6.07) is 6.83. The highest BCUT2D eigenvalue weighted by molar-refractivity contribution is 7.71. The minimum Gasteiger partial charge on any atom is -0.381 e. The fourth-order valence-corrected chi connectivity index (χ4v) is 3.17. The van der Waals surface area contributed by atoms with Gasteiger partial charge in [0.1, 0.15) is 0 Å². The van der Waals surface area contributed by atoms with Gasteiger partial charge in [-0.1, -0.05) is 6.07 Å². The summed E-state index contributed by atoms with van der Waals surface area (Å²) < 4.78 is 8.54. The van der Waals surface area contributed by atoms with Crippen LogP contribution in [0.4, 0.5) is 0 Å². The maximum absolute atomic E-state index is 5.49. The number of hydrogen-bond donors (Lipinski definition) is 1. The first-order valence-corrected chi connectivity index (χ1v) is 6.86. The molecule has 0 spiro atoms. The van der Waals surface area contributed by atoms with Crippen LogP contribution in [0.25, 0.3) is 11.0 Å². The molecular weight excluding hydrogens is 244 g/mol. The van der Waals surface area contributed by atoms with Crippen LogP contribution in [0, 0.1) is 17.6 Å². The molecular formula is C14H18N2OS. The predicted molar refractivity (Wildman–Crippen MR) is 75.5 cm³/mol. The van der Waals surface area contributed by atoms with Gasteiger partial charge in [0.2, 0.25) is 0 Å². The number of benzene rings is 1. The van der Waals surface area contributed by atoms with Crippen LogP contribution in [0.3, 0.4) is 0 Å². The number of imidazole rings is 1. The van der Waals surface area contributed by atoms with Gasteiger partial charge in [0, 0.05) is 18.6 Å². The topological polar surface area (TPSA) is 29.9 Å². The fraction of sp³-hybridized carbons (Fsp3) is 0.500. The van der Waals surface area contributed by atoms with E-state index in [1.54, 1.807) is 0 Å². The molecule has 3 rings (SSSR count). The molecule has 3 nitrogen and oxygen atoms in total. The summed E-state index contributed by atoms with van der Waals surface area (Å²) >= 11 is 5.47. The standard InChI is InChI=1S/C14H18N2OS/c1-9-3-4-13-12(7-9)15-14(18)16(13)10(2)11-5-6-17-8-11/h3-4,7,10-11H,5-6,8H2,1-2H3,(H,15,18). The molecule has 0 aliphatic carbocycles. The summed E-state index contributed by atoms with van der Waals surface area (Å²) in [6.07, 6.45) is 1.13. The van der Waals surface area contributed by atoms with Crippen molar-refractivity contribution in [2.45, 2.75) is 26.3 Å². The van der Waals surface area contributed by atoms with E-state index in [9.17, 15) is 0 Å². The van der Waals surface area contributed by atoms with Gasteiger partial charge in [-0.05, 0) is 50.2 Å². The van der Waals surface area contributed by atoms with Gasteiger partial charge < -0.3 is 14.3 Å². The third-order valence-electron chi connectivity index (χ3n) is 3.93. The summed E-state index contributed by atoms with van der Waals surface area (Å²) in [7, 11) is 0. The van der Waals surface area contributed by atoms with Crippen molar-refractivity contribution in [3.8, 4) is 0 Å². The quantitative estimate of drug-likeness (QED) is 0.838. The van der Waals surface area contributed by atoms with Gasteiger partial charge in [0.25, 0.3) is 0 Å². The maximum atomic E-state index is 5.49. The molecule has 1 aliphatic heterocycles. The van der Waals surface area contributed by atoms with E-state index in [-0.39, 0.29) is 0 Å². The number of H-pyrrole nitrogens is 1. The molecule has 18 heavy (non-hydrogen) atoms. The number of rotatable bonds is 2. The van der Waals surface area contributed by atoms with E-state index in [2.05, 4.69) is 41.6 Å². The molecule has 1 saturated heterocycles. The minimum atomic E-state index is 0.386. The maximum Gasteiger partial charge on any atom is 0.178 e. The Labute approximate surface area is 112 Å². The zero-order valence-electron chi connectivity index (χ0n) is 10.8. The molecule has 2 unspecified atom stereocenters. The van der Waals surface area contributed by atoms with Crippen molar-refractivity contribution < 1.29 is 4.74 Å². The van der Waals surface area contributed by atoms with Crippen molar-refractivity contribution in [2.75, 3.05) is 13.2 Å². The largest absolute Gasteiger partial charge is 0.381 e. The van der Waals surface area contributed by atoms with Crippen molar-refractivity contribution in [3.63, 3.8) is 0 Å². The third kappa shape index (κ3) is 1.89. The Bertz CT molecular complexity index is 622. The minimum absolute atomic E-state index is 0.386. The molecule has 0 bridgehead atoms. The van der Waals surface area contributed by atoms with Crippen LogP contribution < -0.4 is 0 Å². The first kappa shape index (κ1) is 11.9. The van der Waals surface area contributed by atoms with Crippen molar-refractivity contribution in [1.29, 1.82) is 0 Å². The highest BCUT2D eigenvalue weighted by Crippen LogP contribution is 2.29. The van der Waals surface area contributed by atoms with Crippen LogP contribution >= 0.6 is 12.2 Å². The van der Waals surface area contributed by atoms with Crippen LogP contribution in [-0.4, -0.2) is 22.8 Å². The van der Waals surface area contributed by atoms with E-state index in [0.29, 0.717) is 12.0 Å². The Morgan fingerprint density at radius 2 is 2.33 bits per heavy atom. The predicted octanol–water partition coefficient (Wildman–Crippen LogP) is 3.60. The average molecular weight is 262 g/mol. The molecule has 0 radical (unpaired) electrons. The van der Waals surface area contributed by atoms with E-state index >= 15 is 0 Å². The Morgan fingerprint density at radius 1 is 1.50 bits per heavy atom. The van der Waals surface area contributed by atoms with Gasteiger partial charge in [-0.3, -0.25) is 0 Å². The van der Waals surface area contributed by atoms with Gasteiger partial charge in [0.05, 0.1) is 17.6 Å². The molecule has 4 heteroatoms. The van der Waals surface area contributed by atoms with Crippen LogP contribution in [0.5, 0.6) is 0 Å². The van der Waals surface area contributed by atoms with E-state index in [1.165, 1.54) is 11.1 Å². The highest BCUT2D eigenvalue weighted by Gasteiger charge is 2.25. The lowest BCUT2D eigenvalue weighted by Gasteiger charge is -2.20. The summed E-state index contributed by atoms with van der Waals surface area (Å²) in [5.74, 6) is 0.567. The number of fused-ring (bicyclic) bond motifs is 1. The SMILES string of the molecule is Cc1ccc2c(c1)[nH]c(=S)n2C(C)C1CCOC1. The van der Waals surface area contributed by atoms with E-state index < -0.39 is 0 Å².